The SMILES string of the molecule is CCCCCCCC/C=C\CCCCCCCCCC(=O)OC[C@H](COP(=O)(O)OC[C@H](N)C(=O)O)OC(=O)CCC/C=C\C/C=C\C/C=C\C/C=C\C=C\[C@H](O)CC. The number of hydrogen-bond donors (Lipinski definition) is 4. The fourth-order valence-electron chi connectivity index (χ4n) is 5.46. The summed E-state index contributed by atoms with van der Waals surface area (Å²) in [5.74, 6) is -2.49. The number of ether oxygens (including phenoxy) is 2. The predicted molar refractivity (Wildman–Crippen MR) is 237 cm³/mol. The minimum absolute atomic E-state index is 0.0650. The number of aliphatic hydroxyl groups excluding tert-OH is 1. The number of carboxylic acids is 1. The van der Waals surface area contributed by atoms with E-state index in [4.69, 9.17) is 24.8 Å². The Morgan fingerprint density at radius 1 is 0.610 bits per heavy atom. The molecule has 1 unspecified atom stereocenters. The molecule has 0 radical (unpaired) electrons. The van der Waals surface area contributed by atoms with Gasteiger partial charge in [0, 0.05) is 12.8 Å². The molecule has 0 aromatic heterocycles. The first-order valence-electron chi connectivity index (χ1n) is 22.1. The van der Waals surface area contributed by atoms with Crippen LogP contribution in [0.25, 0.3) is 0 Å². The van der Waals surface area contributed by atoms with E-state index in [0.717, 1.165) is 44.9 Å². The molecule has 0 bridgehead atoms. The number of carbonyl (C=O) groups is 3. The Balaban J connectivity index is 4.48. The molecule has 5 N–H and O–H groups in total. The number of phosphoric ester groups is 1. The molecule has 338 valence electrons. The van der Waals surface area contributed by atoms with Crippen LogP contribution in [0.5, 0.6) is 0 Å². The van der Waals surface area contributed by atoms with Gasteiger partial charge < -0.3 is 30.3 Å². The topological polar surface area (TPSA) is 192 Å². The Labute approximate surface area is 355 Å². The van der Waals surface area contributed by atoms with Gasteiger partial charge in [0.05, 0.1) is 19.3 Å². The van der Waals surface area contributed by atoms with Crippen LogP contribution in [0.1, 0.15) is 162 Å². The molecule has 0 saturated heterocycles. The van der Waals surface area contributed by atoms with E-state index < -0.39 is 57.2 Å². The number of hydrogen-bond acceptors (Lipinski definition) is 10. The van der Waals surface area contributed by atoms with Crippen molar-refractivity contribution in [2.24, 2.45) is 5.73 Å². The quantitative estimate of drug-likeness (QED) is 0.0150. The molecule has 0 aliphatic rings. The zero-order valence-electron chi connectivity index (χ0n) is 36.2. The minimum Gasteiger partial charge on any atom is -0.480 e. The molecule has 0 fully saturated rings. The highest BCUT2D eigenvalue weighted by Crippen LogP contribution is 2.43. The first-order valence-corrected chi connectivity index (χ1v) is 23.6. The number of carboxylic acid groups (broad SMARTS) is 1. The number of esters is 2. The normalized spacial score (nSPS) is 14.9. The van der Waals surface area contributed by atoms with Crippen molar-refractivity contribution in [3.05, 3.63) is 72.9 Å². The van der Waals surface area contributed by atoms with Gasteiger partial charge in [-0.25, -0.2) is 4.57 Å². The van der Waals surface area contributed by atoms with E-state index in [9.17, 15) is 28.9 Å². The number of nitrogens with two attached hydrogens (primary N) is 1. The highest BCUT2D eigenvalue weighted by Gasteiger charge is 2.28. The van der Waals surface area contributed by atoms with Crippen LogP contribution >= 0.6 is 7.82 Å². The molecule has 0 spiro atoms. The van der Waals surface area contributed by atoms with Gasteiger partial charge >= 0.3 is 25.7 Å². The molecular weight excluding hydrogens is 773 g/mol. The third-order valence-electron chi connectivity index (χ3n) is 9.10. The average molecular weight is 852 g/mol. The summed E-state index contributed by atoms with van der Waals surface area (Å²) in [6, 6.07) is -1.54. The number of aliphatic carboxylic acids is 1. The second-order valence-electron chi connectivity index (χ2n) is 14.6. The van der Waals surface area contributed by atoms with E-state index >= 15 is 0 Å². The Hall–Kier alpha value is -3.12. The van der Waals surface area contributed by atoms with Gasteiger partial charge in [-0.2, -0.15) is 0 Å². The largest absolute Gasteiger partial charge is 0.480 e. The summed E-state index contributed by atoms with van der Waals surface area (Å²) in [4.78, 5) is 46.0. The smallest absolute Gasteiger partial charge is 0.472 e. The molecule has 59 heavy (non-hydrogen) atoms. The summed E-state index contributed by atoms with van der Waals surface area (Å²) in [5.41, 5.74) is 5.33. The lowest BCUT2D eigenvalue weighted by Gasteiger charge is -2.20. The third-order valence-corrected chi connectivity index (χ3v) is 10.0. The maximum absolute atomic E-state index is 12.6. The van der Waals surface area contributed by atoms with Gasteiger partial charge in [-0.3, -0.25) is 23.4 Å². The van der Waals surface area contributed by atoms with E-state index in [0.29, 0.717) is 25.7 Å². The van der Waals surface area contributed by atoms with Gasteiger partial charge in [0.2, 0.25) is 0 Å². The van der Waals surface area contributed by atoms with Crippen molar-refractivity contribution in [2.75, 3.05) is 19.8 Å². The van der Waals surface area contributed by atoms with Gasteiger partial charge in [-0.05, 0) is 70.6 Å². The van der Waals surface area contributed by atoms with Crippen LogP contribution < -0.4 is 5.73 Å². The fraction of sp³-hybridized carbons (Fsp3) is 0.674. The fourth-order valence-corrected chi connectivity index (χ4v) is 6.24. The summed E-state index contributed by atoms with van der Waals surface area (Å²) in [7, 11) is -4.75. The average Bonchev–Trinajstić information content (AvgIpc) is 3.21. The first-order chi connectivity index (χ1) is 28.5. The van der Waals surface area contributed by atoms with Crippen molar-refractivity contribution < 1.29 is 52.6 Å². The summed E-state index contributed by atoms with van der Waals surface area (Å²) in [5, 5.41) is 18.4. The number of allylic oxidation sites excluding steroid dienone is 11. The molecule has 4 atom stereocenters. The third kappa shape index (κ3) is 40.1. The van der Waals surface area contributed by atoms with Crippen molar-refractivity contribution in [2.45, 2.75) is 180 Å². The molecule has 0 aliphatic heterocycles. The maximum Gasteiger partial charge on any atom is 0.472 e. The highest BCUT2D eigenvalue weighted by atomic mass is 31.2. The predicted octanol–water partition coefficient (Wildman–Crippen LogP) is 10.7. The second-order valence-corrected chi connectivity index (χ2v) is 16.1. The number of unbranched alkanes of at least 4 members (excludes halogenated alkanes) is 14. The van der Waals surface area contributed by atoms with Crippen molar-refractivity contribution in [3.63, 3.8) is 0 Å². The second kappa shape index (κ2) is 40.3. The zero-order valence-corrected chi connectivity index (χ0v) is 37.1. The van der Waals surface area contributed by atoms with E-state index in [-0.39, 0.29) is 19.4 Å². The molecular formula is C46H78NO11P. The van der Waals surface area contributed by atoms with Crippen molar-refractivity contribution >= 4 is 25.7 Å². The van der Waals surface area contributed by atoms with Crippen LogP contribution in [0, 0.1) is 0 Å². The molecule has 0 amide bonds. The van der Waals surface area contributed by atoms with Crippen LogP contribution in [0.4, 0.5) is 0 Å². The van der Waals surface area contributed by atoms with Crippen LogP contribution in [-0.4, -0.2) is 71.1 Å². The standard InChI is InChI=1S/C46H78NO11P/c1-3-5-6-7-8-9-10-11-12-13-14-18-21-24-27-30-33-36-44(49)55-38-42(39-56-59(53,54)57-40-43(47)46(51)52)58-45(50)37-34-31-28-25-22-19-16-15-17-20-23-26-29-32-35-41(48)4-2/h11-12,16-17,19-20,25-26,28-29,32,35,41-43,48H,3-10,13-15,18,21-24,27,30-31,33-34,36-40,47H2,1-2H3,(H,51,52)(H,53,54)/b12-11-,19-16-,20-17-,28-25-,29-26-,35-32+/t41-,42-,43+/m1/s1. The van der Waals surface area contributed by atoms with Crippen molar-refractivity contribution in [3.8, 4) is 0 Å². The molecule has 0 rings (SSSR count). The van der Waals surface area contributed by atoms with Gasteiger partial charge in [-0.1, -0.05) is 151 Å². The van der Waals surface area contributed by atoms with Crippen molar-refractivity contribution in [1.82, 2.24) is 0 Å². The van der Waals surface area contributed by atoms with E-state index in [2.05, 4.69) is 47.9 Å². The maximum atomic E-state index is 12.6. The Kier molecular flexibility index (Phi) is 38.2. The van der Waals surface area contributed by atoms with Crippen LogP contribution in [0.15, 0.2) is 72.9 Å². The zero-order chi connectivity index (χ0) is 43.7. The summed E-state index contributed by atoms with van der Waals surface area (Å²) in [6.45, 7) is 2.39. The molecule has 0 aliphatic carbocycles. The van der Waals surface area contributed by atoms with E-state index in [1.54, 1.807) is 6.08 Å². The number of carbonyl (C=O) groups excluding carboxylic acids is 2. The Morgan fingerprint density at radius 2 is 1.10 bits per heavy atom. The summed E-state index contributed by atoms with van der Waals surface area (Å²) < 4.78 is 32.6. The van der Waals surface area contributed by atoms with Gasteiger partial charge in [0.25, 0.3) is 0 Å². The molecule has 13 heteroatoms. The number of phosphoric acid groups is 1. The van der Waals surface area contributed by atoms with E-state index in [1.165, 1.54) is 64.2 Å². The number of rotatable bonds is 40. The molecule has 0 aromatic carbocycles. The minimum atomic E-state index is -4.75. The summed E-state index contributed by atoms with van der Waals surface area (Å²) >= 11 is 0. The molecule has 0 heterocycles. The first kappa shape index (κ1) is 55.9. The Morgan fingerprint density at radius 3 is 1.69 bits per heavy atom. The van der Waals surface area contributed by atoms with Crippen LogP contribution in [0.3, 0.4) is 0 Å². The monoisotopic (exact) mass is 852 g/mol. The summed E-state index contributed by atoms with van der Waals surface area (Å²) in [6.07, 6.45) is 44.9. The van der Waals surface area contributed by atoms with Gasteiger partial charge in [0.15, 0.2) is 6.10 Å². The highest BCUT2D eigenvalue weighted by molar-refractivity contribution is 7.47. The van der Waals surface area contributed by atoms with Crippen LogP contribution in [-0.2, 0) is 37.5 Å². The van der Waals surface area contributed by atoms with Crippen LogP contribution in [0.2, 0.25) is 0 Å². The molecule has 0 saturated carbocycles. The lowest BCUT2D eigenvalue weighted by Crippen LogP contribution is -2.34. The lowest BCUT2D eigenvalue weighted by molar-refractivity contribution is -0.161. The number of aliphatic hydroxyl groups is 1. The van der Waals surface area contributed by atoms with E-state index in [1.807, 2.05) is 37.3 Å². The molecule has 12 nitrogen and oxygen atoms in total. The van der Waals surface area contributed by atoms with Gasteiger partial charge in [0.1, 0.15) is 12.6 Å². The van der Waals surface area contributed by atoms with Gasteiger partial charge in [-0.15, -0.1) is 0 Å². The van der Waals surface area contributed by atoms with Crippen molar-refractivity contribution in [1.29, 1.82) is 0 Å². The Bertz CT molecular complexity index is 1290. The lowest BCUT2D eigenvalue weighted by atomic mass is 10.1. The molecule has 0 aromatic rings.